The molecule has 1 aromatic rings. The number of benzene rings is 1. The molecular formula is C12H14F3NS. The summed E-state index contributed by atoms with van der Waals surface area (Å²) in [6, 6.07) is 5.56. The molecule has 0 saturated carbocycles. The summed E-state index contributed by atoms with van der Waals surface area (Å²) in [5.41, 5.74) is 6.27. The predicted octanol–water partition coefficient (Wildman–Crippen LogP) is 2.94. The number of halogens is 3. The second kappa shape index (κ2) is 4.90. The van der Waals surface area contributed by atoms with Gasteiger partial charge in [-0.25, -0.2) is 0 Å². The molecule has 0 amide bonds. The average Bonchev–Trinajstić information content (AvgIpc) is 2.64. The van der Waals surface area contributed by atoms with Crippen LogP contribution in [0.4, 0.5) is 13.2 Å². The molecule has 2 atom stereocenters. The minimum Gasteiger partial charge on any atom is -0.327 e. The smallest absolute Gasteiger partial charge is 0.327 e. The van der Waals surface area contributed by atoms with E-state index in [1.807, 2.05) is 11.8 Å². The van der Waals surface area contributed by atoms with E-state index in [-0.39, 0.29) is 6.04 Å². The van der Waals surface area contributed by atoms with Crippen LogP contribution in [0.25, 0.3) is 0 Å². The molecule has 1 nitrogen and oxygen atoms in total. The fourth-order valence-electron chi connectivity index (χ4n) is 1.96. The van der Waals surface area contributed by atoms with E-state index in [0.29, 0.717) is 5.92 Å². The first kappa shape index (κ1) is 12.8. The van der Waals surface area contributed by atoms with Crippen molar-refractivity contribution in [1.82, 2.24) is 0 Å². The van der Waals surface area contributed by atoms with Crippen LogP contribution in [0, 0.1) is 5.92 Å². The van der Waals surface area contributed by atoms with Crippen molar-refractivity contribution in [2.24, 2.45) is 11.7 Å². The zero-order valence-electron chi connectivity index (χ0n) is 9.20. The van der Waals surface area contributed by atoms with Gasteiger partial charge in [-0.2, -0.15) is 24.9 Å². The third kappa shape index (κ3) is 3.16. The highest BCUT2D eigenvalue weighted by atomic mass is 32.2. The highest BCUT2D eigenvalue weighted by Gasteiger charge is 2.30. The molecule has 0 aromatic heterocycles. The number of nitrogens with two attached hydrogens (primary N) is 1. The van der Waals surface area contributed by atoms with E-state index in [1.54, 1.807) is 12.1 Å². The average molecular weight is 261 g/mol. The van der Waals surface area contributed by atoms with E-state index in [0.717, 1.165) is 35.6 Å². The second-order valence-corrected chi connectivity index (χ2v) is 5.44. The van der Waals surface area contributed by atoms with Crippen LogP contribution in [0.15, 0.2) is 24.3 Å². The molecule has 0 bridgehead atoms. The van der Waals surface area contributed by atoms with E-state index < -0.39 is 11.7 Å². The van der Waals surface area contributed by atoms with Gasteiger partial charge < -0.3 is 5.73 Å². The van der Waals surface area contributed by atoms with E-state index in [9.17, 15) is 13.2 Å². The highest BCUT2D eigenvalue weighted by molar-refractivity contribution is 7.99. The number of hydrogen-bond donors (Lipinski definition) is 1. The lowest BCUT2D eigenvalue weighted by Gasteiger charge is -2.14. The van der Waals surface area contributed by atoms with E-state index in [4.69, 9.17) is 5.73 Å². The fraction of sp³-hybridized carbons (Fsp3) is 0.500. The second-order valence-electron chi connectivity index (χ2n) is 4.36. The Bertz CT molecular complexity index is 374. The summed E-state index contributed by atoms with van der Waals surface area (Å²) >= 11 is 1.81. The van der Waals surface area contributed by atoms with Crippen molar-refractivity contribution in [3.8, 4) is 0 Å². The molecule has 1 heterocycles. The van der Waals surface area contributed by atoms with Crippen molar-refractivity contribution in [1.29, 1.82) is 0 Å². The Morgan fingerprint density at radius 3 is 2.29 bits per heavy atom. The molecule has 2 unspecified atom stereocenters. The van der Waals surface area contributed by atoms with Crippen LogP contribution < -0.4 is 5.73 Å². The molecule has 1 fully saturated rings. The molecule has 1 aliphatic rings. The lowest BCUT2D eigenvalue weighted by atomic mass is 9.95. The number of thioether (sulfide) groups is 1. The van der Waals surface area contributed by atoms with Gasteiger partial charge in [0.25, 0.3) is 0 Å². The topological polar surface area (TPSA) is 26.0 Å². The van der Waals surface area contributed by atoms with Crippen LogP contribution in [-0.2, 0) is 12.6 Å². The first-order valence-electron chi connectivity index (χ1n) is 5.46. The van der Waals surface area contributed by atoms with Crippen molar-refractivity contribution in [3.63, 3.8) is 0 Å². The Hall–Kier alpha value is -0.680. The van der Waals surface area contributed by atoms with Gasteiger partial charge in [0.2, 0.25) is 0 Å². The van der Waals surface area contributed by atoms with E-state index >= 15 is 0 Å². The maximum absolute atomic E-state index is 12.4. The monoisotopic (exact) mass is 261 g/mol. The summed E-state index contributed by atoms with van der Waals surface area (Å²) < 4.78 is 37.1. The number of alkyl halides is 3. The quantitative estimate of drug-likeness (QED) is 0.885. The third-order valence-electron chi connectivity index (χ3n) is 3.03. The molecule has 0 spiro atoms. The third-order valence-corrected chi connectivity index (χ3v) is 4.31. The molecule has 0 aliphatic carbocycles. The van der Waals surface area contributed by atoms with Gasteiger partial charge in [0.05, 0.1) is 5.56 Å². The first-order valence-corrected chi connectivity index (χ1v) is 6.62. The van der Waals surface area contributed by atoms with Crippen LogP contribution in [0.5, 0.6) is 0 Å². The molecule has 1 aromatic carbocycles. The van der Waals surface area contributed by atoms with Gasteiger partial charge in [-0.05, 0) is 35.8 Å². The Morgan fingerprint density at radius 2 is 1.82 bits per heavy atom. The van der Waals surface area contributed by atoms with Crippen molar-refractivity contribution in [2.45, 2.75) is 18.6 Å². The molecule has 17 heavy (non-hydrogen) atoms. The minimum absolute atomic E-state index is 0.169. The van der Waals surface area contributed by atoms with Gasteiger partial charge in [-0.15, -0.1) is 0 Å². The number of rotatable bonds is 2. The molecule has 2 N–H and O–H groups in total. The van der Waals surface area contributed by atoms with E-state index in [1.165, 1.54) is 0 Å². The Balaban J connectivity index is 2.03. The Morgan fingerprint density at radius 1 is 1.18 bits per heavy atom. The number of hydrogen-bond acceptors (Lipinski definition) is 2. The Labute approximate surface area is 103 Å². The molecule has 94 valence electrons. The summed E-state index contributed by atoms with van der Waals surface area (Å²) in [4.78, 5) is 0. The summed E-state index contributed by atoms with van der Waals surface area (Å²) in [6.07, 6.45) is -3.48. The van der Waals surface area contributed by atoms with Crippen LogP contribution in [0.3, 0.4) is 0 Å². The molecular weight excluding hydrogens is 247 g/mol. The van der Waals surface area contributed by atoms with Crippen LogP contribution in [0.1, 0.15) is 11.1 Å². The maximum Gasteiger partial charge on any atom is 0.416 e. The predicted molar refractivity (Wildman–Crippen MR) is 63.9 cm³/mol. The maximum atomic E-state index is 12.4. The van der Waals surface area contributed by atoms with Crippen molar-refractivity contribution >= 4 is 11.8 Å². The summed E-state index contributed by atoms with van der Waals surface area (Å²) in [7, 11) is 0. The van der Waals surface area contributed by atoms with Crippen molar-refractivity contribution in [2.75, 3.05) is 11.5 Å². The van der Waals surface area contributed by atoms with Crippen molar-refractivity contribution < 1.29 is 13.2 Å². The van der Waals surface area contributed by atoms with Gasteiger partial charge in [0, 0.05) is 11.8 Å². The zero-order valence-corrected chi connectivity index (χ0v) is 10.0. The molecule has 1 saturated heterocycles. The molecule has 1 aliphatic heterocycles. The summed E-state index contributed by atoms with van der Waals surface area (Å²) in [5, 5.41) is 0. The van der Waals surface area contributed by atoms with Crippen LogP contribution in [-0.4, -0.2) is 17.5 Å². The Kier molecular flexibility index (Phi) is 3.68. The highest BCUT2D eigenvalue weighted by Crippen LogP contribution is 2.30. The molecule has 2 rings (SSSR count). The van der Waals surface area contributed by atoms with Gasteiger partial charge in [0.1, 0.15) is 0 Å². The normalized spacial score (nSPS) is 25.2. The SMILES string of the molecule is NC1CSCC1Cc1ccc(C(F)(F)F)cc1. The lowest BCUT2D eigenvalue weighted by Crippen LogP contribution is -2.29. The largest absolute Gasteiger partial charge is 0.416 e. The molecule has 5 heteroatoms. The van der Waals surface area contributed by atoms with Gasteiger partial charge >= 0.3 is 6.18 Å². The fourth-order valence-corrected chi connectivity index (χ4v) is 3.31. The molecule has 0 radical (unpaired) electrons. The first-order chi connectivity index (χ1) is 7.97. The van der Waals surface area contributed by atoms with E-state index in [2.05, 4.69) is 0 Å². The lowest BCUT2D eigenvalue weighted by molar-refractivity contribution is -0.137. The zero-order chi connectivity index (χ0) is 12.5. The van der Waals surface area contributed by atoms with Gasteiger partial charge in [-0.1, -0.05) is 12.1 Å². The van der Waals surface area contributed by atoms with Crippen LogP contribution in [0.2, 0.25) is 0 Å². The van der Waals surface area contributed by atoms with Gasteiger partial charge in [-0.3, -0.25) is 0 Å². The van der Waals surface area contributed by atoms with Crippen molar-refractivity contribution in [3.05, 3.63) is 35.4 Å². The van der Waals surface area contributed by atoms with Crippen LogP contribution >= 0.6 is 11.8 Å². The summed E-state index contributed by atoms with van der Waals surface area (Å²) in [6.45, 7) is 0. The summed E-state index contributed by atoms with van der Waals surface area (Å²) in [5.74, 6) is 2.34. The standard InChI is InChI=1S/C12H14F3NS/c13-12(14,15)10-3-1-8(2-4-10)5-9-6-17-7-11(9)16/h1-4,9,11H,5-7,16H2. The minimum atomic E-state index is -4.25. The van der Waals surface area contributed by atoms with Gasteiger partial charge in [0.15, 0.2) is 0 Å².